The van der Waals surface area contributed by atoms with Crippen LogP contribution in [0.4, 0.5) is 0 Å². The van der Waals surface area contributed by atoms with Crippen LogP contribution in [0.5, 0.6) is 0 Å². The topological polar surface area (TPSA) is 90.4 Å². The van der Waals surface area contributed by atoms with E-state index in [4.69, 9.17) is 16.3 Å². The monoisotopic (exact) mass is 473 g/mol. The molecule has 6 nitrogen and oxygen atoms in total. The second kappa shape index (κ2) is 9.82. The number of aromatic nitrogens is 1. The number of rotatable bonds is 9. The fraction of sp³-hybridized carbons (Fsp3) is 0.211. The first-order valence-electron chi connectivity index (χ1n) is 8.35. The molecule has 0 amide bonds. The Labute approximate surface area is 180 Å². The molecule has 1 heterocycles. The first-order valence-corrected chi connectivity index (χ1v) is 12.7. The molecule has 0 unspecified atom stereocenters. The molecule has 0 aliphatic rings. The van der Waals surface area contributed by atoms with E-state index >= 15 is 0 Å². The molecule has 0 fully saturated rings. The van der Waals surface area contributed by atoms with Gasteiger partial charge in [-0.15, -0.1) is 11.3 Å². The molecule has 2 rings (SSSR count). The lowest BCUT2D eigenvalue weighted by Gasteiger charge is -2.05. The van der Waals surface area contributed by atoms with Crippen LogP contribution < -0.4 is 0 Å². The van der Waals surface area contributed by atoms with Gasteiger partial charge in [-0.1, -0.05) is 54.6 Å². The van der Waals surface area contributed by atoms with Gasteiger partial charge >= 0.3 is 0 Å². The molecule has 1 aromatic carbocycles. The first kappa shape index (κ1) is 23.5. The fourth-order valence-corrected chi connectivity index (χ4v) is 6.92. The Morgan fingerprint density at radius 2 is 1.86 bits per heavy atom. The van der Waals surface area contributed by atoms with E-state index < -0.39 is 24.7 Å². The van der Waals surface area contributed by atoms with Crippen LogP contribution in [0.1, 0.15) is 6.92 Å². The Kier molecular flexibility index (Phi) is 7.95. The summed E-state index contributed by atoms with van der Waals surface area (Å²) in [5, 5.41) is 0.0599. The van der Waals surface area contributed by atoms with E-state index in [1.54, 1.807) is 43.3 Å². The summed E-state index contributed by atoms with van der Waals surface area (Å²) < 4.78 is 56.2. The lowest BCUT2D eigenvalue weighted by molar-refractivity contribution is 0.217. The van der Waals surface area contributed by atoms with Crippen molar-refractivity contribution >= 4 is 42.6 Å². The van der Waals surface area contributed by atoms with Gasteiger partial charge in [0.2, 0.25) is 9.84 Å². The number of thiazole rings is 1. The maximum absolute atomic E-state index is 13.1. The van der Waals surface area contributed by atoms with Crippen molar-refractivity contribution in [3.63, 3.8) is 0 Å². The van der Waals surface area contributed by atoms with Crippen LogP contribution in [0.15, 0.2) is 74.3 Å². The predicted molar refractivity (Wildman–Crippen MR) is 117 cm³/mol. The largest absolute Gasteiger partial charge is 0.384 e. The van der Waals surface area contributed by atoms with E-state index in [0.717, 1.165) is 11.3 Å². The minimum absolute atomic E-state index is 0.0713. The van der Waals surface area contributed by atoms with Gasteiger partial charge in [0.1, 0.15) is 5.01 Å². The lowest BCUT2D eigenvalue weighted by Crippen LogP contribution is -2.14. The first-order chi connectivity index (χ1) is 13.6. The van der Waals surface area contributed by atoms with Gasteiger partial charge in [-0.3, -0.25) is 0 Å². The van der Waals surface area contributed by atoms with Crippen LogP contribution in [0.25, 0.3) is 10.6 Å². The molecule has 156 valence electrons. The Morgan fingerprint density at radius 3 is 2.45 bits per heavy atom. The van der Waals surface area contributed by atoms with Crippen molar-refractivity contribution in [3.8, 4) is 10.6 Å². The second-order valence-electron chi connectivity index (χ2n) is 5.77. The van der Waals surface area contributed by atoms with E-state index in [0.29, 0.717) is 10.6 Å². The Hall–Kier alpha value is -1.78. The predicted octanol–water partition coefficient (Wildman–Crippen LogP) is 4.22. The number of sulfone groups is 2. The molecule has 29 heavy (non-hydrogen) atoms. The third-order valence-corrected chi connectivity index (χ3v) is 9.34. The number of ether oxygens (including phenoxy) is 1. The van der Waals surface area contributed by atoms with Gasteiger partial charge in [-0.2, -0.15) is 0 Å². The van der Waals surface area contributed by atoms with Crippen molar-refractivity contribution in [1.82, 2.24) is 4.98 Å². The minimum atomic E-state index is -4.26. The molecule has 2 aromatic rings. The zero-order chi connectivity index (χ0) is 21.7. The van der Waals surface area contributed by atoms with Gasteiger partial charge < -0.3 is 4.74 Å². The molecule has 10 heteroatoms. The maximum atomic E-state index is 13.1. The minimum Gasteiger partial charge on any atom is -0.384 e. The zero-order valence-electron chi connectivity index (χ0n) is 15.8. The van der Waals surface area contributed by atoms with E-state index in [-0.39, 0.29) is 26.5 Å². The molecule has 0 saturated carbocycles. The van der Waals surface area contributed by atoms with Gasteiger partial charge in [-0.05, 0) is 19.1 Å². The molecule has 0 aliphatic heterocycles. The summed E-state index contributed by atoms with van der Waals surface area (Å²) in [6.07, 6.45) is 4.16. The zero-order valence-corrected chi connectivity index (χ0v) is 19.0. The number of nitrogens with zero attached hydrogens (tertiary/aromatic N) is 1. The van der Waals surface area contributed by atoms with Gasteiger partial charge in [0.15, 0.2) is 19.1 Å². The number of allylic oxidation sites excluding steroid dienone is 4. The molecule has 0 bridgehead atoms. The third kappa shape index (κ3) is 5.64. The molecule has 0 spiro atoms. The second-order valence-corrected chi connectivity index (χ2v) is 11.4. The molecule has 1 aromatic heterocycles. The average molecular weight is 474 g/mol. The average Bonchev–Trinajstić information content (AvgIpc) is 3.18. The molecule has 0 atom stereocenters. The summed E-state index contributed by atoms with van der Waals surface area (Å²) in [6.45, 7) is 5.18. The van der Waals surface area contributed by atoms with Crippen LogP contribution in [-0.4, -0.2) is 41.3 Å². The summed E-state index contributed by atoms with van der Waals surface area (Å²) >= 11 is 6.67. The normalized spacial score (nSPS) is 13.1. The molecule has 0 aliphatic carbocycles. The molecular weight excluding hydrogens is 454 g/mol. The lowest BCUT2D eigenvalue weighted by atomic mass is 10.2. The molecule has 0 saturated heterocycles. The van der Waals surface area contributed by atoms with Crippen molar-refractivity contribution < 1.29 is 21.6 Å². The molecular formula is C19H20ClNO5S3. The summed E-state index contributed by atoms with van der Waals surface area (Å²) in [6, 6.07) is 8.75. The highest BCUT2D eigenvalue weighted by Gasteiger charge is 2.33. The van der Waals surface area contributed by atoms with Crippen molar-refractivity contribution in [2.75, 3.05) is 19.5 Å². The van der Waals surface area contributed by atoms with Crippen LogP contribution in [0, 0.1) is 0 Å². The summed E-state index contributed by atoms with van der Waals surface area (Å²) in [5.41, 5.74) is 0.611. The molecule has 0 radical (unpaired) electrons. The highest BCUT2D eigenvalue weighted by atomic mass is 35.5. The highest BCUT2D eigenvalue weighted by molar-refractivity contribution is 7.98. The standard InChI is InChI=1S/C19H20ClNO5S3/c1-4-16(20)11-10-14(2)29(24,25)18-19(28(22,23)13-12-26-3)27-17(21-18)15-8-6-5-7-9-15/h4-11H,2,12-13H2,1,3H3/b11-10-,16-4+. The van der Waals surface area contributed by atoms with Gasteiger partial charge in [0.05, 0.1) is 17.3 Å². The van der Waals surface area contributed by atoms with Crippen LogP contribution in [0.2, 0.25) is 0 Å². The summed E-state index contributed by atoms with van der Waals surface area (Å²) in [4.78, 5) is 3.85. The van der Waals surface area contributed by atoms with Crippen LogP contribution in [-0.2, 0) is 24.4 Å². The summed E-state index contributed by atoms with van der Waals surface area (Å²) in [7, 11) is -6.83. The van der Waals surface area contributed by atoms with E-state index in [9.17, 15) is 16.8 Å². The van der Waals surface area contributed by atoms with Crippen molar-refractivity contribution in [2.24, 2.45) is 0 Å². The van der Waals surface area contributed by atoms with Crippen LogP contribution >= 0.6 is 22.9 Å². The number of methoxy groups -OCH3 is 1. The smallest absolute Gasteiger partial charge is 0.225 e. The van der Waals surface area contributed by atoms with E-state index in [2.05, 4.69) is 11.6 Å². The van der Waals surface area contributed by atoms with Crippen molar-refractivity contribution in [1.29, 1.82) is 0 Å². The van der Waals surface area contributed by atoms with Crippen molar-refractivity contribution in [2.45, 2.75) is 16.2 Å². The van der Waals surface area contributed by atoms with Crippen LogP contribution in [0.3, 0.4) is 0 Å². The SMILES string of the molecule is C=C(/C=C\C(Cl)=C/C)S(=O)(=O)c1nc(-c2ccccc2)sc1S(=O)(=O)CCOC. The third-order valence-electron chi connectivity index (χ3n) is 3.73. The number of benzene rings is 1. The molecule has 0 N–H and O–H groups in total. The van der Waals surface area contributed by atoms with E-state index in [1.807, 2.05) is 0 Å². The highest BCUT2D eigenvalue weighted by Crippen LogP contribution is 2.36. The Morgan fingerprint density at radius 1 is 1.21 bits per heavy atom. The quantitative estimate of drug-likeness (QED) is 0.506. The Balaban J connectivity index is 2.64. The van der Waals surface area contributed by atoms with Crippen molar-refractivity contribution in [3.05, 3.63) is 65.1 Å². The number of hydrogen-bond acceptors (Lipinski definition) is 7. The van der Waals surface area contributed by atoms with Gasteiger partial charge in [-0.25, -0.2) is 21.8 Å². The number of halogens is 1. The van der Waals surface area contributed by atoms with Gasteiger partial charge in [0.25, 0.3) is 0 Å². The maximum Gasteiger partial charge on any atom is 0.225 e. The van der Waals surface area contributed by atoms with E-state index in [1.165, 1.54) is 19.3 Å². The number of hydrogen-bond donors (Lipinski definition) is 0. The Bertz CT molecular complexity index is 1150. The fourth-order valence-electron chi connectivity index (χ4n) is 2.13. The summed E-state index contributed by atoms with van der Waals surface area (Å²) in [5.74, 6) is -0.366. The van der Waals surface area contributed by atoms with Gasteiger partial charge in [0, 0.05) is 17.7 Å².